The summed E-state index contributed by atoms with van der Waals surface area (Å²) < 4.78 is 41.7. The van der Waals surface area contributed by atoms with Crippen LogP contribution >= 0.6 is 11.6 Å². The molecule has 2 N–H and O–H groups in total. The van der Waals surface area contributed by atoms with E-state index in [1.54, 1.807) is 16.7 Å². The fourth-order valence-electron chi connectivity index (χ4n) is 2.30. The number of ether oxygens (including phenoxy) is 1. The second-order valence-electron chi connectivity index (χ2n) is 4.98. The van der Waals surface area contributed by atoms with Crippen molar-refractivity contribution in [1.29, 1.82) is 0 Å². The molecule has 0 aliphatic rings. The van der Waals surface area contributed by atoms with Crippen LogP contribution in [0.1, 0.15) is 12.5 Å². The van der Waals surface area contributed by atoms with E-state index in [-0.39, 0.29) is 12.6 Å². The predicted octanol–water partition coefficient (Wildman–Crippen LogP) is 3.72. The standard InChI is InChI=1S/C14H16ClF3N2O/c1-9(19)6-10-8-20(4-5-21-14(16,17)18)13-7-11(15)2-3-12(10)13/h2-3,7-9H,4-6,19H2,1H3. The van der Waals surface area contributed by atoms with E-state index < -0.39 is 13.0 Å². The zero-order chi connectivity index (χ0) is 15.6. The van der Waals surface area contributed by atoms with Crippen molar-refractivity contribution in [3.63, 3.8) is 0 Å². The van der Waals surface area contributed by atoms with Crippen LogP contribution in [0, 0.1) is 0 Å². The largest absolute Gasteiger partial charge is 0.522 e. The highest BCUT2D eigenvalue weighted by Crippen LogP contribution is 2.26. The zero-order valence-corrected chi connectivity index (χ0v) is 12.2. The smallest absolute Gasteiger partial charge is 0.345 e. The topological polar surface area (TPSA) is 40.2 Å². The minimum Gasteiger partial charge on any atom is -0.345 e. The van der Waals surface area contributed by atoms with Crippen LogP contribution in [0.3, 0.4) is 0 Å². The first-order chi connectivity index (χ1) is 9.76. The van der Waals surface area contributed by atoms with Crippen LogP contribution in [-0.4, -0.2) is 23.6 Å². The summed E-state index contributed by atoms with van der Waals surface area (Å²) in [7, 11) is 0. The Kier molecular flexibility index (Phi) is 4.81. The Morgan fingerprint density at radius 3 is 2.71 bits per heavy atom. The monoisotopic (exact) mass is 320 g/mol. The van der Waals surface area contributed by atoms with E-state index in [1.807, 2.05) is 19.2 Å². The van der Waals surface area contributed by atoms with Gasteiger partial charge < -0.3 is 10.3 Å². The SMILES string of the molecule is CC(N)Cc1cn(CCOC(F)(F)F)c2cc(Cl)ccc12. The van der Waals surface area contributed by atoms with Gasteiger partial charge in [-0.1, -0.05) is 17.7 Å². The zero-order valence-electron chi connectivity index (χ0n) is 11.5. The molecule has 1 unspecified atom stereocenters. The Labute approximate surface area is 125 Å². The Morgan fingerprint density at radius 1 is 1.38 bits per heavy atom. The molecule has 0 amide bonds. The number of hydrogen-bond donors (Lipinski definition) is 1. The van der Waals surface area contributed by atoms with Gasteiger partial charge in [0.15, 0.2) is 0 Å². The molecule has 21 heavy (non-hydrogen) atoms. The van der Waals surface area contributed by atoms with Gasteiger partial charge in [0.1, 0.15) is 0 Å². The average molecular weight is 321 g/mol. The van der Waals surface area contributed by atoms with E-state index >= 15 is 0 Å². The molecule has 0 radical (unpaired) electrons. The molecule has 1 heterocycles. The predicted molar refractivity (Wildman–Crippen MR) is 76.3 cm³/mol. The van der Waals surface area contributed by atoms with Crippen molar-refractivity contribution in [3.05, 3.63) is 35.0 Å². The van der Waals surface area contributed by atoms with Crippen molar-refractivity contribution < 1.29 is 17.9 Å². The van der Waals surface area contributed by atoms with E-state index in [1.165, 1.54) is 0 Å². The lowest BCUT2D eigenvalue weighted by Gasteiger charge is -2.09. The molecule has 1 aromatic carbocycles. The van der Waals surface area contributed by atoms with Crippen molar-refractivity contribution >= 4 is 22.5 Å². The molecule has 0 fully saturated rings. The van der Waals surface area contributed by atoms with Gasteiger partial charge in [0, 0.05) is 34.7 Å². The van der Waals surface area contributed by atoms with Gasteiger partial charge in [-0.2, -0.15) is 0 Å². The highest BCUT2D eigenvalue weighted by atomic mass is 35.5. The fraction of sp³-hybridized carbons (Fsp3) is 0.429. The summed E-state index contributed by atoms with van der Waals surface area (Å²) in [4.78, 5) is 0. The molecule has 0 spiro atoms. The summed E-state index contributed by atoms with van der Waals surface area (Å²) in [5, 5.41) is 1.48. The van der Waals surface area contributed by atoms with Crippen molar-refractivity contribution in [2.45, 2.75) is 32.3 Å². The van der Waals surface area contributed by atoms with Crippen molar-refractivity contribution in [1.82, 2.24) is 4.57 Å². The van der Waals surface area contributed by atoms with Gasteiger partial charge in [0.05, 0.1) is 6.61 Å². The first-order valence-electron chi connectivity index (χ1n) is 6.50. The third-order valence-electron chi connectivity index (χ3n) is 3.07. The summed E-state index contributed by atoms with van der Waals surface area (Å²) in [6, 6.07) is 5.31. The van der Waals surface area contributed by atoms with Gasteiger partial charge >= 0.3 is 6.36 Å². The molecule has 116 valence electrons. The number of rotatable bonds is 5. The van der Waals surface area contributed by atoms with Crippen molar-refractivity contribution in [2.75, 3.05) is 6.61 Å². The average Bonchev–Trinajstić information content (AvgIpc) is 2.65. The van der Waals surface area contributed by atoms with E-state index in [0.717, 1.165) is 16.5 Å². The van der Waals surface area contributed by atoms with Crippen LogP contribution in [0.4, 0.5) is 13.2 Å². The molecule has 1 aromatic heterocycles. The van der Waals surface area contributed by atoms with Gasteiger partial charge in [-0.05, 0) is 31.0 Å². The van der Waals surface area contributed by atoms with E-state index in [2.05, 4.69) is 4.74 Å². The lowest BCUT2D eigenvalue weighted by atomic mass is 10.1. The summed E-state index contributed by atoms with van der Waals surface area (Å²) in [5.41, 5.74) is 7.57. The van der Waals surface area contributed by atoms with Gasteiger partial charge in [0.2, 0.25) is 0 Å². The summed E-state index contributed by atoms with van der Waals surface area (Å²) in [6.07, 6.45) is -2.16. The molecule has 0 saturated heterocycles. The summed E-state index contributed by atoms with van der Waals surface area (Å²) in [5.74, 6) is 0. The maximum atomic E-state index is 12.0. The molecule has 2 aromatic rings. The Balaban J connectivity index is 2.27. The Bertz CT molecular complexity index is 622. The van der Waals surface area contributed by atoms with Crippen molar-refractivity contribution in [3.8, 4) is 0 Å². The maximum absolute atomic E-state index is 12.0. The second-order valence-corrected chi connectivity index (χ2v) is 5.42. The Morgan fingerprint density at radius 2 is 2.10 bits per heavy atom. The molecule has 0 aliphatic heterocycles. The number of benzene rings is 1. The number of hydrogen-bond acceptors (Lipinski definition) is 2. The van der Waals surface area contributed by atoms with Crippen LogP contribution < -0.4 is 5.73 Å². The van der Waals surface area contributed by atoms with Gasteiger partial charge in [0.25, 0.3) is 0 Å². The van der Waals surface area contributed by atoms with Crippen molar-refractivity contribution in [2.24, 2.45) is 5.73 Å². The third kappa shape index (κ3) is 4.36. The number of nitrogens with zero attached hydrogens (tertiary/aromatic N) is 1. The fourth-order valence-corrected chi connectivity index (χ4v) is 2.46. The van der Waals surface area contributed by atoms with Gasteiger partial charge in [-0.15, -0.1) is 13.2 Å². The first kappa shape index (κ1) is 16.1. The van der Waals surface area contributed by atoms with E-state index in [9.17, 15) is 13.2 Å². The number of nitrogens with two attached hydrogens (primary N) is 1. The third-order valence-corrected chi connectivity index (χ3v) is 3.30. The number of aromatic nitrogens is 1. The molecule has 0 aliphatic carbocycles. The minimum absolute atomic E-state index is 0.0360. The quantitative estimate of drug-likeness (QED) is 0.912. The molecular formula is C14H16ClF3N2O. The number of halogens is 4. The molecule has 1 atom stereocenters. The van der Waals surface area contributed by atoms with Crippen LogP contribution in [0.2, 0.25) is 5.02 Å². The lowest BCUT2D eigenvalue weighted by molar-refractivity contribution is -0.325. The summed E-state index contributed by atoms with van der Waals surface area (Å²) >= 11 is 5.96. The number of fused-ring (bicyclic) bond motifs is 1. The van der Waals surface area contributed by atoms with Crippen LogP contribution in [0.15, 0.2) is 24.4 Å². The highest BCUT2D eigenvalue weighted by molar-refractivity contribution is 6.31. The molecule has 0 bridgehead atoms. The van der Waals surface area contributed by atoms with E-state index in [0.29, 0.717) is 11.4 Å². The molecular weight excluding hydrogens is 305 g/mol. The van der Waals surface area contributed by atoms with E-state index in [4.69, 9.17) is 17.3 Å². The van der Waals surface area contributed by atoms with Crippen LogP contribution in [0.5, 0.6) is 0 Å². The lowest BCUT2D eigenvalue weighted by Crippen LogP contribution is -2.18. The van der Waals surface area contributed by atoms with Gasteiger partial charge in [-0.3, -0.25) is 4.74 Å². The first-order valence-corrected chi connectivity index (χ1v) is 6.87. The maximum Gasteiger partial charge on any atom is 0.522 e. The molecule has 7 heteroatoms. The molecule has 0 saturated carbocycles. The minimum atomic E-state index is -4.62. The van der Waals surface area contributed by atoms with Crippen LogP contribution in [-0.2, 0) is 17.7 Å². The van der Waals surface area contributed by atoms with Gasteiger partial charge in [-0.25, -0.2) is 0 Å². The number of alkyl halides is 3. The summed E-state index contributed by atoms with van der Waals surface area (Å²) in [6.45, 7) is 1.53. The molecule has 2 rings (SSSR count). The normalized spacial score (nSPS) is 13.8. The van der Waals surface area contributed by atoms with Crippen LogP contribution in [0.25, 0.3) is 10.9 Å². The Hall–Kier alpha value is -1.24. The second kappa shape index (κ2) is 6.25. The highest BCUT2D eigenvalue weighted by Gasteiger charge is 2.28. The molecule has 3 nitrogen and oxygen atoms in total.